The molecule has 0 saturated carbocycles. The molecule has 2 aromatic carbocycles. The van der Waals surface area contributed by atoms with Crippen LogP contribution in [0.1, 0.15) is 42.9 Å². The number of nitrogens with two attached hydrogens (primary N) is 1. The number of benzene rings is 2. The normalized spacial score (nSPS) is 25.6. The Morgan fingerprint density at radius 3 is 2.56 bits per heavy atom. The number of nitrogens with zero attached hydrogens (tertiary/aromatic N) is 2. The fourth-order valence-electron chi connectivity index (χ4n) is 4.26. The molecule has 0 bridgehead atoms. The van der Waals surface area contributed by atoms with E-state index >= 15 is 0 Å². The van der Waals surface area contributed by atoms with Crippen LogP contribution in [0.15, 0.2) is 64.1 Å². The summed E-state index contributed by atoms with van der Waals surface area (Å²) < 4.78 is 1.10. The van der Waals surface area contributed by atoms with Gasteiger partial charge in [0.05, 0.1) is 6.04 Å². The third-order valence-corrected chi connectivity index (χ3v) is 6.06. The van der Waals surface area contributed by atoms with Crippen molar-refractivity contribution < 1.29 is 0 Å². The Morgan fingerprint density at radius 1 is 1.04 bits per heavy atom. The summed E-state index contributed by atoms with van der Waals surface area (Å²) >= 11 is 3.50. The first-order valence-corrected chi connectivity index (χ1v) is 9.91. The van der Waals surface area contributed by atoms with Gasteiger partial charge in [0, 0.05) is 16.6 Å². The van der Waals surface area contributed by atoms with Crippen LogP contribution >= 0.6 is 15.9 Å². The highest BCUT2D eigenvalue weighted by atomic mass is 79.9. The molecular formula is C21H24BrN3. The van der Waals surface area contributed by atoms with Crippen LogP contribution in [0.25, 0.3) is 0 Å². The molecule has 3 nitrogen and oxygen atoms in total. The summed E-state index contributed by atoms with van der Waals surface area (Å²) in [6.45, 7) is 0. The Morgan fingerprint density at radius 2 is 1.80 bits per heavy atom. The fourth-order valence-corrected chi connectivity index (χ4v) is 4.52. The van der Waals surface area contributed by atoms with Crippen LogP contribution in [0.3, 0.4) is 0 Å². The quantitative estimate of drug-likeness (QED) is 0.813. The summed E-state index contributed by atoms with van der Waals surface area (Å²) in [4.78, 5) is 7.24. The van der Waals surface area contributed by atoms with Crippen molar-refractivity contribution in [1.29, 1.82) is 0 Å². The van der Waals surface area contributed by atoms with E-state index in [1.807, 2.05) is 0 Å². The average Bonchev–Trinajstić information content (AvgIpc) is 3.05. The van der Waals surface area contributed by atoms with Gasteiger partial charge in [0.2, 0.25) is 0 Å². The van der Waals surface area contributed by atoms with E-state index in [4.69, 9.17) is 10.7 Å². The van der Waals surface area contributed by atoms with Gasteiger partial charge in [-0.05, 0) is 55.4 Å². The van der Waals surface area contributed by atoms with E-state index in [-0.39, 0.29) is 6.04 Å². The lowest BCUT2D eigenvalue weighted by Crippen LogP contribution is -2.48. The zero-order valence-electron chi connectivity index (χ0n) is 14.3. The fraction of sp³-hybridized carbons (Fsp3) is 0.381. The number of hydrogen-bond donors (Lipinski definition) is 1. The first-order valence-electron chi connectivity index (χ1n) is 9.11. The minimum absolute atomic E-state index is 0.197. The Hall–Kier alpha value is -1.81. The van der Waals surface area contributed by atoms with Crippen molar-refractivity contribution >= 4 is 21.9 Å². The number of halogens is 1. The van der Waals surface area contributed by atoms with Gasteiger partial charge < -0.3 is 10.6 Å². The molecule has 1 saturated heterocycles. The standard InChI is InChI=1S/C21H24BrN3/c22-17-9-7-16(8-10-17)20-14-19-13-12-18(25(19)21(23)24-20)11-6-15-4-2-1-3-5-15/h1-5,7-10,18-20H,6,11-14H2,(H2,23,24)/t18-,19+,20+/m0/s1. The van der Waals surface area contributed by atoms with Crippen LogP contribution in [-0.2, 0) is 6.42 Å². The Kier molecular flexibility index (Phi) is 4.80. The smallest absolute Gasteiger partial charge is 0.192 e. The van der Waals surface area contributed by atoms with Gasteiger partial charge in [-0.1, -0.05) is 58.4 Å². The van der Waals surface area contributed by atoms with Crippen molar-refractivity contribution in [2.45, 2.75) is 50.2 Å². The molecule has 4 heteroatoms. The molecule has 0 amide bonds. The summed E-state index contributed by atoms with van der Waals surface area (Å²) in [5.41, 5.74) is 9.07. The van der Waals surface area contributed by atoms with Crippen molar-refractivity contribution in [3.8, 4) is 0 Å². The lowest BCUT2D eigenvalue weighted by atomic mass is 9.97. The topological polar surface area (TPSA) is 41.6 Å². The lowest BCUT2D eigenvalue weighted by Gasteiger charge is -2.37. The SMILES string of the molecule is NC1=N[C@@H](c2ccc(Br)cc2)C[C@H]2CC[C@H](CCc3ccccc3)N12. The summed E-state index contributed by atoms with van der Waals surface area (Å²) in [6, 6.07) is 20.5. The second-order valence-electron chi connectivity index (χ2n) is 7.11. The van der Waals surface area contributed by atoms with Crippen molar-refractivity contribution in [2.24, 2.45) is 10.7 Å². The minimum Gasteiger partial charge on any atom is -0.370 e. The summed E-state index contributed by atoms with van der Waals surface area (Å²) in [5, 5.41) is 0. The molecule has 4 rings (SSSR count). The van der Waals surface area contributed by atoms with Gasteiger partial charge in [0.1, 0.15) is 0 Å². The molecule has 0 spiro atoms. The molecule has 2 aromatic rings. The number of fused-ring (bicyclic) bond motifs is 1. The molecule has 130 valence electrons. The highest BCUT2D eigenvalue weighted by Crippen LogP contribution is 2.38. The summed E-state index contributed by atoms with van der Waals surface area (Å²) in [7, 11) is 0. The van der Waals surface area contributed by atoms with Crippen LogP contribution in [0, 0.1) is 0 Å². The molecule has 0 aromatic heterocycles. The Labute approximate surface area is 158 Å². The molecule has 1 fully saturated rings. The van der Waals surface area contributed by atoms with Crippen LogP contribution in [-0.4, -0.2) is 22.9 Å². The molecule has 0 radical (unpaired) electrons. The van der Waals surface area contributed by atoms with Crippen molar-refractivity contribution in [3.63, 3.8) is 0 Å². The predicted octanol–water partition coefficient (Wildman–Crippen LogP) is 4.67. The number of guanidine groups is 1. The van der Waals surface area contributed by atoms with Crippen LogP contribution in [0.2, 0.25) is 0 Å². The molecule has 0 unspecified atom stereocenters. The largest absolute Gasteiger partial charge is 0.370 e. The highest BCUT2D eigenvalue weighted by Gasteiger charge is 2.39. The van der Waals surface area contributed by atoms with Crippen molar-refractivity contribution in [1.82, 2.24) is 4.90 Å². The third-order valence-electron chi connectivity index (χ3n) is 5.53. The van der Waals surface area contributed by atoms with Crippen LogP contribution < -0.4 is 5.73 Å². The maximum absolute atomic E-state index is 6.40. The van der Waals surface area contributed by atoms with E-state index in [1.165, 1.54) is 24.0 Å². The maximum atomic E-state index is 6.40. The molecule has 0 aliphatic carbocycles. The average molecular weight is 398 g/mol. The number of aryl methyl sites for hydroxylation is 1. The van der Waals surface area contributed by atoms with Gasteiger partial charge in [-0.25, -0.2) is 4.99 Å². The van der Waals surface area contributed by atoms with Gasteiger partial charge in [-0.2, -0.15) is 0 Å². The van der Waals surface area contributed by atoms with Gasteiger partial charge >= 0.3 is 0 Å². The number of hydrogen-bond acceptors (Lipinski definition) is 3. The molecule has 2 aliphatic rings. The van der Waals surface area contributed by atoms with Crippen LogP contribution in [0.5, 0.6) is 0 Å². The predicted molar refractivity (Wildman–Crippen MR) is 107 cm³/mol. The van der Waals surface area contributed by atoms with Gasteiger partial charge in [0.15, 0.2) is 5.96 Å². The van der Waals surface area contributed by atoms with Gasteiger partial charge in [-0.3, -0.25) is 0 Å². The second-order valence-corrected chi connectivity index (χ2v) is 8.02. The van der Waals surface area contributed by atoms with E-state index in [0.717, 1.165) is 29.7 Å². The molecule has 3 atom stereocenters. The highest BCUT2D eigenvalue weighted by molar-refractivity contribution is 9.10. The molecular weight excluding hydrogens is 374 g/mol. The van der Waals surface area contributed by atoms with E-state index in [9.17, 15) is 0 Å². The zero-order chi connectivity index (χ0) is 17.2. The molecule has 2 N–H and O–H groups in total. The summed E-state index contributed by atoms with van der Waals surface area (Å²) in [6.07, 6.45) is 5.78. The summed E-state index contributed by atoms with van der Waals surface area (Å²) in [5.74, 6) is 0.736. The van der Waals surface area contributed by atoms with E-state index in [1.54, 1.807) is 0 Å². The molecule has 25 heavy (non-hydrogen) atoms. The lowest BCUT2D eigenvalue weighted by molar-refractivity contribution is 0.256. The Bertz CT molecular complexity index is 741. The third kappa shape index (κ3) is 3.59. The molecule has 2 heterocycles. The van der Waals surface area contributed by atoms with E-state index in [2.05, 4.69) is 75.4 Å². The molecule has 2 aliphatic heterocycles. The van der Waals surface area contributed by atoms with Crippen molar-refractivity contribution in [2.75, 3.05) is 0 Å². The number of aliphatic imine (C=N–C) groups is 1. The maximum Gasteiger partial charge on any atom is 0.192 e. The zero-order valence-corrected chi connectivity index (χ0v) is 15.9. The minimum atomic E-state index is 0.197. The van der Waals surface area contributed by atoms with Crippen molar-refractivity contribution in [3.05, 3.63) is 70.2 Å². The number of rotatable bonds is 4. The monoisotopic (exact) mass is 397 g/mol. The first-order chi connectivity index (χ1) is 12.2. The van der Waals surface area contributed by atoms with Crippen LogP contribution in [0.4, 0.5) is 0 Å². The first kappa shape index (κ1) is 16.6. The van der Waals surface area contributed by atoms with E-state index in [0.29, 0.717) is 12.1 Å². The van der Waals surface area contributed by atoms with Gasteiger partial charge in [-0.15, -0.1) is 0 Å². The Balaban J connectivity index is 1.46. The van der Waals surface area contributed by atoms with E-state index < -0.39 is 0 Å². The second kappa shape index (κ2) is 7.20. The van der Waals surface area contributed by atoms with Gasteiger partial charge in [0.25, 0.3) is 0 Å².